The average Bonchev–Trinajstić information content (AvgIpc) is 3.09. The number of aliphatic imine (C=N–C) groups is 1. The molecular formula is C20H18N6. The maximum Gasteiger partial charge on any atom is 0.177 e. The predicted molar refractivity (Wildman–Crippen MR) is 102 cm³/mol. The van der Waals surface area contributed by atoms with Crippen LogP contribution < -0.4 is 0 Å². The first-order valence-electron chi connectivity index (χ1n) is 8.51. The van der Waals surface area contributed by atoms with Crippen LogP contribution in [0, 0.1) is 0 Å². The molecule has 0 aromatic carbocycles. The van der Waals surface area contributed by atoms with Gasteiger partial charge >= 0.3 is 0 Å². The Labute approximate surface area is 151 Å². The van der Waals surface area contributed by atoms with Crippen molar-refractivity contribution in [2.45, 2.75) is 12.8 Å². The normalized spacial score (nSPS) is 20.2. The Morgan fingerprint density at radius 3 is 2.96 bits per heavy atom. The largest absolute Gasteiger partial charge is 0.289 e. The molecule has 3 aromatic rings. The molecule has 0 amide bonds. The van der Waals surface area contributed by atoms with Gasteiger partial charge in [0.05, 0.1) is 12.2 Å². The van der Waals surface area contributed by atoms with Crippen molar-refractivity contribution >= 4 is 11.9 Å². The summed E-state index contributed by atoms with van der Waals surface area (Å²) in [6.07, 6.45) is 17.2. The molecule has 1 aliphatic heterocycles. The van der Waals surface area contributed by atoms with Gasteiger partial charge in [0.25, 0.3) is 0 Å². The van der Waals surface area contributed by atoms with Crippen LogP contribution in [-0.2, 0) is 6.42 Å². The molecule has 0 spiro atoms. The van der Waals surface area contributed by atoms with Crippen LogP contribution in [0.2, 0.25) is 0 Å². The minimum atomic E-state index is 0.691. The third-order valence-electron chi connectivity index (χ3n) is 4.06. The average molecular weight is 342 g/mol. The number of rotatable bonds is 3. The first kappa shape index (κ1) is 16.1. The first-order chi connectivity index (χ1) is 12.9. The minimum absolute atomic E-state index is 0.691. The quantitative estimate of drug-likeness (QED) is 0.733. The van der Waals surface area contributed by atoms with Crippen molar-refractivity contribution in [2.75, 3.05) is 6.54 Å². The summed E-state index contributed by atoms with van der Waals surface area (Å²) in [5.41, 5.74) is 3.81. The molecule has 26 heavy (non-hydrogen) atoms. The predicted octanol–water partition coefficient (Wildman–Crippen LogP) is 3.24. The van der Waals surface area contributed by atoms with E-state index in [1.54, 1.807) is 12.4 Å². The standard InChI is InChI=1S/C20H18N6/c1-3-11-21-12-4-2-7-16(6-1)14-20-24-23-19-10-9-18(25-26(19)20)17-8-5-13-22-15-17/h1-6,8-10,12-13,15H,7,11,14H2/b3-1-,4-2-,16-6+,21-12-. The fourth-order valence-electron chi connectivity index (χ4n) is 2.74. The van der Waals surface area contributed by atoms with Crippen LogP contribution in [0.4, 0.5) is 0 Å². The number of nitrogens with zero attached hydrogens (tertiary/aromatic N) is 6. The van der Waals surface area contributed by atoms with E-state index >= 15 is 0 Å². The number of fused-ring (bicyclic) bond motifs is 1. The third kappa shape index (κ3) is 3.64. The Morgan fingerprint density at radius 1 is 1.04 bits per heavy atom. The molecule has 4 heterocycles. The van der Waals surface area contributed by atoms with Crippen LogP contribution >= 0.6 is 0 Å². The molecule has 0 radical (unpaired) electrons. The van der Waals surface area contributed by atoms with Gasteiger partial charge < -0.3 is 0 Å². The maximum atomic E-state index is 4.71. The number of allylic oxidation sites excluding steroid dienone is 5. The highest BCUT2D eigenvalue weighted by Crippen LogP contribution is 2.17. The lowest BCUT2D eigenvalue weighted by atomic mass is 10.1. The molecule has 1 aliphatic rings. The van der Waals surface area contributed by atoms with Crippen LogP contribution in [0.25, 0.3) is 16.9 Å². The molecule has 0 N–H and O–H groups in total. The third-order valence-corrected chi connectivity index (χ3v) is 4.06. The summed E-state index contributed by atoms with van der Waals surface area (Å²) in [7, 11) is 0. The second-order valence-electron chi connectivity index (χ2n) is 5.92. The van der Waals surface area contributed by atoms with Crippen LogP contribution in [0.15, 0.2) is 77.6 Å². The molecule has 4 rings (SSSR count). The second kappa shape index (κ2) is 7.65. The van der Waals surface area contributed by atoms with E-state index in [0.29, 0.717) is 13.0 Å². The Hall–Kier alpha value is -3.41. The zero-order valence-electron chi connectivity index (χ0n) is 14.2. The zero-order chi connectivity index (χ0) is 17.6. The smallest absolute Gasteiger partial charge is 0.177 e. The fourth-order valence-corrected chi connectivity index (χ4v) is 2.74. The molecule has 3 aromatic heterocycles. The minimum Gasteiger partial charge on any atom is -0.289 e. The van der Waals surface area contributed by atoms with E-state index in [1.165, 1.54) is 5.57 Å². The second-order valence-corrected chi connectivity index (χ2v) is 5.92. The van der Waals surface area contributed by atoms with Crippen molar-refractivity contribution in [3.05, 3.63) is 78.4 Å². The summed E-state index contributed by atoms with van der Waals surface area (Å²) < 4.78 is 1.82. The lowest BCUT2D eigenvalue weighted by Gasteiger charge is -2.05. The van der Waals surface area contributed by atoms with E-state index in [4.69, 9.17) is 5.10 Å². The van der Waals surface area contributed by atoms with Gasteiger partial charge in [-0.25, -0.2) is 0 Å². The van der Waals surface area contributed by atoms with Crippen LogP contribution in [0.1, 0.15) is 12.2 Å². The number of hydrogen-bond acceptors (Lipinski definition) is 5. The van der Waals surface area contributed by atoms with Crippen LogP contribution in [-0.4, -0.2) is 37.6 Å². The molecule has 0 fully saturated rings. The molecule has 128 valence electrons. The Kier molecular flexibility index (Phi) is 4.73. The highest BCUT2D eigenvalue weighted by Gasteiger charge is 2.10. The van der Waals surface area contributed by atoms with Crippen molar-refractivity contribution in [1.29, 1.82) is 0 Å². The maximum absolute atomic E-state index is 4.71. The summed E-state index contributed by atoms with van der Waals surface area (Å²) in [5, 5.41) is 13.3. The van der Waals surface area contributed by atoms with Gasteiger partial charge in [-0.15, -0.1) is 10.2 Å². The van der Waals surface area contributed by atoms with E-state index < -0.39 is 0 Å². The van der Waals surface area contributed by atoms with Gasteiger partial charge in [-0.3, -0.25) is 9.98 Å². The summed E-state index contributed by atoms with van der Waals surface area (Å²) in [4.78, 5) is 8.41. The van der Waals surface area contributed by atoms with Gasteiger partial charge in [0.1, 0.15) is 0 Å². The van der Waals surface area contributed by atoms with Gasteiger partial charge in [0.2, 0.25) is 0 Å². The topological polar surface area (TPSA) is 68.3 Å². The van der Waals surface area contributed by atoms with Gasteiger partial charge in [-0.2, -0.15) is 9.61 Å². The summed E-state index contributed by atoms with van der Waals surface area (Å²) in [6.45, 7) is 0.692. The van der Waals surface area contributed by atoms with Gasteiger partial charge in [0, 0.05) is 30.6 Å². The fraction of sp³-hybridized carbons (Fsp3) is 0.150. The van der Waals surface area contributed by atoms with E-state index in [2.05, 4.69) is 32.3 Å². The molecule has 0 bridgehead atoms. The lowest BCUT2D eigenvalue weighted by Crippen LogP contribution is -2.02. The zero-order valence-corrected chi connectivity index (χ0v) is 14.2. The SMILES string of the molecule is C1=C\C/C(Cc2nnc3ccc(-c4cccnc4)nn23)=C\C=C/C\N=C/1. The van der Waals surface area contributed by atoms with Crippen molar-refractivity contribution in [3.8, 4) is 11.3 Å². The molecule has 0 aliphatic carbocycles. The number of hydrogen-bond donors (Lipinski definition) is 0. The molecule has 0 saturated carbocycles. The van der Waals surface area contributed by atoms with Crippen LogP contribution in [0.3, 0.4) is 0 Å². The molecule has 0 saturated heterocycles. The molecule has 6 nitrogen and oxygen atoms in total. The van der Waals surface area contributed by atoms with Crippen molar-refractivity contribution in [2.24, 2.45) is 4.99 Å². The van der Waals surface area contributed by atoms with E-state index in [9.17, 15) is 0 Å². The van der Waals surface area contributed by atoms with Crippen molar-refractivity contribution in [1.82, 2.24) is 24.8 Å². The highest BCUT2D eigenvalue weighted by atomic mass is 15.4. The van der Waals surface area contributed by atoms with Crippen LogP contribution in [0.5, 0.6) is 0 Å². The Bertz CT molecular complexity index is 1010. The molecule has 0 atom stereocenters. The van der Waals surface area contributed by atoms with Gasteiger partial charge in [0.15, 0.2) is 11.5 Å². The Balaban J connectivity index is 1.66. The molecular weight excluding hydrogens is 324 g/mol. The molecule has 0 unspecified atom stereocenters. The number of pyridine rings is 1. The number of aromatic nitrogens is 5. The van der Waals surface area contributed by atoms with E-state index in [-0.39, 0.29) is 0 Å². The van der Waals surface area contributed by atoms with Gasteiger partial charge in [-0.05, 0) is 36.8 Å². The molecule has 6 heteroatoms. The summed E-state index contributed by atoms with van der Waals surface area (Å²) >= 11 is 0. The van der Waals surface area contributed by atoms with Gasteiger partial charge in [-0.1, -0.05) is 29.9 Å². The highest BCUT2D eigenvalue weighted by molar-refractivity contribution is 5.71. The Morgan fingerprint density at radius 2 is 2.04 bits per heavy atom. The van der Waals surface area contributed by atoms with E-state index in [1.807, 2.05) is 53.2 Å². The first-order valence-corrected chi connectivity index (χ1v) is 8.51. The summed E-state index contributed by atoms with van der Waals surface area (Å²) in [6, 6.07) is 7.77. The summed E-state index contributed by atoms with van der Waals surface area (Å²) in [5.74, 6) is 0.824. The lowest BCUT2D eigenvalue weighted by molar-refractivity contribution is 0.827. The van der Waals surface area contributed by atoms with Crippen molar-refractivity contribution < 1.29 is 0 Å². The van der Waals surface area contributed by atoms with E-state index in [0.717, 1.165) is 29.1 Å². The van der Waals surface area contributed by atoms with Crippen molar-refractivity contribution in [3.63, 3.8) is 0 Å². The monoisotopic (exact) mass is 342 g/mol.